The highest BCUT2D eigenvalue weighted by Crippen LogP contribution is 2.40. The Morgan fingerprint density at radius 3 is 2.54 bits per heavy atom. The van der Waals surface area contributed by atoms with Gasteiger partial charge < -0.3 is 14.4 Å². The third kappa shape index (κ3) is 4.50. The van der Waals surface area contributed by atoms with E-state index in [0.29, 0.717) is 6.61 Å². The first-order valence-corrected chi connectivity index (χ1v) is 9.14. The number of hydrogen-bond donors (Lipinski definition) is 0. The monoisotopic (exact) mass is 356 g/mol. The van der Waals surface area contributed by atoms with Crippen LogP contribution in [0.1, 0.15) is 32.8 Å². The molecule has 26 heavy (non-hydrogen) atoms. The number of nitrogens with zero attached hydrogens (tertiary/aromatic N) is 2. The minimum atomic E-state index is -0.433. The van der Waals surface area contributed by atoms with E-state index in [0.717, 1.165) is 44.9 Å². The lowest BCUT2D eigenvalue weighted by Crippen LogP contribution is -2.60. The van der Waals surface area contributed by atoms with Gasteiger partial charge in [0.05, 0.1) is 0 Å². The predicted octanol–water partition coefficient (Wildman–Crippen LogP) is 3.14. The average Bonchev–Trinajstić information content (AvgIpc) is 2.95. The number of rotatable bonds is 4. The van der Waals surface area contributed by atoms with Crippen LogP contribution in [0.25, 0.3) is 0 Å². The molecule has 2 aliphatic rings. The first kappa shape index (κ1) is 18.6. The molecule has 5 nitrogen and oxygen atoms in total. The number of benzene rings is 1. The van der Waals surface area contributed by atoms with Crippen molar-refractivity contribution in [3.63, 3.8) is 0 Å². The van der Waals surface area contributed by atoms with Gasteiger partial charge in [-0.3, -0.25) is 4.90 Å². The SMILES string of the molecule is C#CCOc1ccc(CN2CCC3(C2)CN(C(=O)OC(C)(C)C)C3)cc1. The Morgan fingerprint density at radius 1 is 1.23 bits per heavy atom. The van der Waals surface area contributed by atoms with Gasteiger partial charge in [-0.05, 0) is 51.4 Å². The van der Waals surface area contributed by atoms with E-state index in [4.69, 9.17) is 15.9 Å². The summed E-state index contributed by atoms with van der Waals surface area (Å²) in [7, 11) is 0. The molecule has 2 saturated heterocycles. The third-order valence-corrected chi connectivity index (χ3v) is 4.87. The quantitative estimate of drug-likeness (QED) is 0.778. The van der Waals surface area contributed by atoms with Gasteiger partial charge in [0.1, 0.15) is 18.0 Å². The zero-order valence-corrected chi connectivity index (χ0v) is 16.0. The number of hydrogen-bond acceptors (Lipinski definition) is 4. The van der Waals surface area contributed by atoms with Crippen LogP contribution in [-0.2, 0) is 11.3 Å². The van der Waals surface area contributed by atoms with Crippen molar-refractivity contribution in [2.75, 3.05) is 32.8 Å². The zero-order chi connectivity index (χ0) is 18.8. The number of likely N-dealkylation sites (tertiary alicyclic amines) is 2. The summed E-state index contributed by atoms with van der Waals surface area (Å²) in [6.07, 6.45) is 6.15. The number of ether oxygens (including phenoxy) is 2. The van der Waals surface area contributed by atoms with Crippen molar-refractivity contribution in [2.45, 2.75) is 39.3 Å². The lowest BCUT2D eigenvalue weighted by molar-refractivity contribution is -0.0306. The van der Waals surface area contributed by atoms with Gasteiger partial charge in [-0.1, -0.05) is 18.1 Å². The van der Waals surface area contributed by atoms with Gasteiger partial charge in [-0.25, -0.2) is 4.79 Å². The maximum atomic E-state index is 12.1. The van der Waals surface area contributed by atoms with Gasteiger partial charge in [0, 0.05) is 31.6 Å². The molecule has 1 aromatic carbocycles. The summed E-state index contributed by atoms with van der Waals surface area (Å²) in [5.41, 5.74) is 1.07. The standard InChI is InChI=1S/C21H28N2O3/c1-5-12-25-18-8-6-17(7-9-18)13-22-11-10-21(14-22)15-23(16-21)19(24)26-20(2,3)4/h1,6-9H,10-16H2,2-4H3. The number of carbonyl (C=O) groups excluding carboxylic acids is 1. The number of carbonyl (C=O) groups is 1. The molecular formula is C21H28N2O3. The Bertz CT molecular complexity index is 679. The second-order valence-electron chi connectivity index (χ2n) is 8.43. The Balaban J connectivity index is 1.46. The summed E-state index contributed by atoms with van der Waals surface area (Å²) in [6, 6.07) is 8.10. The van der Waals surface area contributed by atoms with Crippen molar-refractivity contribution in [2.24, 2.45) is 5.41 Å². The van der Waals surface area contributed by atoms with Crippen LogP contribution in [0, 0.1) is 17.8 Å². The molecule has 5 heteroatoms. The smallest absolute Gasteiger partial charge is 0.410 e. The van der Waals surface area contributed by atoms with E-state index in [1.54, 1.807) is 0 Å². The lowest BCUT2D eigenvalue weighted by atomic mass is 9.79. The second-order valence-corrected chi connectivity index (χ2v) is 8.43. The van der Waals surface area contributed by atoms with E-state index in [2.05, 4.69) is 23.0 Å². The third-order valence-electron chi connectivity index (χ3n) is 4.87. The van der Waals surface area contributed by atoms with Gasteiger partial charge in [-0.15, -0.1) is 6.42 Å². The Kier molecular flexibility index (Phi) is 5.15. The van der Waals surface area contributed by atoms with Gasteiger partial charge in [0.2, 0.25) is 0 Å². The Hall–Kier alpha value is -2.19. The average molecular weight is 356 g/mol. The molecule has 0 N–H and O–H groups in total. The van der Waals surface area contributed by atoms with Crippen LogP contribution in [-0.4, -0.2) is 54.3 Å². The van der Waals surface area contributed by atoms with Crippen molar-refractivity contribution >= 4 is 6.09 Å². The van der Waals surface area contributed by atoms with Crippen molar-refractivity contribution in [3.8, 4) is 18.1 Å². The second kappa shape index (κ2) is 7.20. The Morgan fingerprint density at radius 2 is 1.92 bits per heavy atom. The topological polar surface area (TPSA) is 42.0 Å². The van der Waals surface area contributed by atoms with Crippen LogP contribution in [0.5, 0.6) is 5.75 Å². The molecule has 0 bridgehead atoms. The number of amides is 1. The molecule has 0 atom stereocenters. The molecule has 140 valence electrons. The Labute approximate surface area is 156 Å². The lowest BCUT2D eigenvalue weighted by Gasteiger charge is -2.47. The van der Waals surface area contributed by atoms with Crippen molar-refractivity contribution in [3.05, 3.63) is 29.8 Å². The summed E-state index contributed by atoms with van der Waals surface area (Å²) >= 11 is 0. The maximum Gasteiger partial charge on any atom is 0.410 e. The van der Waals surface area contributed by atoms with Crippen LogP contribution in [0.4, 0.5) is 4.79 Å². The molecule has 0 saturated carbocycles. The molecule has 3 rings (SSSR count). The normalized spacial score (nSPS) is 19.1. The highest BCUT2D eigenvalue weighted by atomic mass is 16.6. The van der Waals surface area contributed by atoms with Crippen molar-refractivity contribution in [1.82, 2.24) is 9.80 Å². The molecule has 1 spiro atoms. The van der Waals surface area contributed by atoms with Crippen molar-refractivity contribution < 1.29 is 14.3 Å². The summed E-state index contributed by atoms with van der Waals surface area (Å²) in [6.45, 7) is 10.6. The van der Waals surface area contributed by atoms with Crippen LogP contribution in [0.3, 0.4) is 0 Å². The molecule has 0 unspecified atom stereocenters. The van der Waals surface area contributed by atoms with Crippen LogP contribution in [0.2, 0.25) is 0 Å². The minimum Gasteiger partial charge on any atom is -0.481 e. The summed E-state index contributed by atoms with van der Waals surface area (Å²) in [5, 5.41) is 0. The molecule has 2 fully saturated rings. The fourth-order valence-corrected chi connectivity index (χ4v) is 3.71. The highest BCUT2D eigenvalue weighted by molar-refractivity contribution is 5.69. The van der Waals surface area contributed by atoms with Crippen molar-refractivity contribution in [1.29, 1.82) is 0 Å². The maximum absolute atomic E-state index is 12.1. The minimum absolute atomic E-state index is 0.191. The predicted molar refractivity (Wildman–Crippen MR) is 101 cm³/mol. The molecule has 0 aliphatic carbocycles. The summed E-state index contributed by atoms with van der Waals surface area (Å²) < 4.78 is 10.9. The van der Waals surface area contributed by atoms with Crippen LogP contribution >= 0.6 is 0 Å². The molecule has 1 amide bonds. The van der Waals surface area contributed by atoms with E-state index in [9.17, 15) is 4.79 Å². The summed E-state index contributed by atoms with van der Waals surface area (Å²) in [4.78, 5) is 16.4. The van der Waals surface area contributed by atoms with Gasteiger partial charge in [0.15, 0.2) is 0 Å². The van der Waals surface area contributed by atoms with Crippen LogP contribution < -0.4 is 4.74 Å². The van der Waals surface area contributed by atoms with E-state index < -0.39 is 5.60 Å². The highest BCUT2D eigenvalue weighted by Gasteiger charge is 2.50. The first-order valence-electron chi connectivity index (χ1n) is 9.14. The fourth-order valence-electron chi connectivity index (χ4n) is 3.71. The molecule has 0 radical (unpaired) electrons. The number of terminal acetylenes is 1. The zero-order valence-electron chi connectivity index (χ0n) is 16.0. The molecular weight excluding hydrogens is 328 g/mol. The van der Waals surface area contributed by atoms with E-state index in [1.807, 2.05) is 37.8 Å². The van der Waals surface area contributed by atoms with E-state index >= 15 is 0 Å². The molecule has 2 heterocycles. The molecule has 0 aromatic heterocycles. The first-order chi connectivity index (χ1) is 12.3. The summed E-state index contributed by atoms with van der Waals surface area (Å²) in [5.74, 6) is 3.27. The largest absolute Gasteiger partial charge is 0.481 e. The van der Waals surface area contributed by atoms with Gasteiger partial charge in [-0.2, -0.15) is 0 Å². The van der Waals surface area contributed by atoms with E-state index in [1.165, 1.54) is 5.56 Å². The van der Waals surface area contributed by atoms with Gasteiger partial charge >= 0.3 is 6.09 Å². The van der Waals surface area contributed by atoms with Gasteiger partial charge in [0.25, 0.3) is 0 Å². The van der Waals surface area contributed by atoms with Crippen LogP contribution in [0.15, 0.2) is 24.3 Å². The molecule has 1 aromatic rings. The fraction of sp³-hybridized carbons (Fsp3) is 0.571. The molecule has 2 aliphatic heterocycles. The van der Waals surface area contributed by atoms with E-state index in [-0.39, 0.29) is 11.5 Å².